The second-order valence-electron chi connectivity index (χ2n) is 3.03. The fourth-order valence-electron chi connectivity index (χ4n) is 1.28. The Hall–Kier alpha value is -1.43. The summed E-state index contributed by atoms with van der Waals surface area (Å²) in [7, 11) is 0. The van der Waals surface area contributed by atoms with E-state index >= 15 is 0 Å². The lowest BCUT2D eigenvalue weighted by Crippen LogP contribution is -2.00. The van der Waals surface area contributed by atoms with Crippen molar-refractivity contribution in [3.05, 3.63) is 16.4 Å². The summed E-state index contributed by atoms with van der Waals surface area (Å²) in [5, 5.41) is 12.8. The number of hydrogen-bond donors (Lipinski definition) is 1. The van der Waals surface area contributed by atoms with Gasteiger partial charge in [0.2, 0.25) is 4.96 Å². The van der Waals surface area contributed by atoms with Crippen molar-refractivity contribution in [2.45, 2.75) is 20.3 Å². The van der Waals surface area contributed by atoms with Crippen molar-refractivity contribution < 1.29 is 9.90 Å². The molecule has 0 bridgehead atoms. The largest absolute Gasteiger partial charge is 0.481 e. The van der Waals surface area contributed by atoms with Gasteiger partial charge < -0.3 is 5.11 Å². The topological polar surface area (TPSA) is 67.5 Å². The van der Waals surface area contributed by atoms with Crippen molar-refractivity contribution in [3.63, 3.8) is 0 Å². The third-order valence-corrected chi connectivity index (χ3v) is 3.06. The molecule has 0 atom stereocenters. The summed E-state index contributed by atoms with van der Waals surface area (Å²) in [6, 6.07) is 0. The number of fused-ring (bicyclic) bond motifs is 1. The Morgan fingerprint density at radius 1 is 1.57 bits per heavy atom. The summed E-state index contributed by atoms with van der Waals surface area (Å²) in [5.41, 5.74) is 0.869. The van der Waals surface area contributed by atoms with Crippen molar-refractivity contribution in [1.82, 2.24) is 14.6 Å². The number of rotatable bonds is 2. The number of aryl methyl sites for hydroxylation is 2. The van der Waals surface area contributed by atoms with Crippen molar-refractivity contribution >= 4 is 22.3 Å². The molecule has 0 aliphatic heterocycles. The first-order valence-corrected chi connectivity index (χ1v) is 4.93. The highest BCUT2D eigenvalue weighted by molar-refractivity contribution is 7.17. The number of aliphatic carboxylic acids is 1. The molecule has 74 valence electrons. The maximum Gasteiger partial charge on any atom is 0.308 e. The molecule has 5 nitrogen and oxygen atoms in total. The van der Waals surface area contributed by atoms with E-state index in [0.29, 0.717) is 5.82 Å². The number of carboxylic acid groups (broad SMARTS) is 1. The molecule has 6 heteroatoms. The van der Waals surface area contributed by atoms with Gasteiger partial charge in [0.1, 0.15) is 5.82 Å². The molecule has 0 spiro atoms. The normalized spacial score (nSPS) is 11.0. The molecule has 0 radical (unpaired) electrons. The Labute approximate surface area is 84.0 Å². The summed E-state index contributed by atoms with van der Waals surface area (Å²) < 4.78 is 1.69. The minimum absolute atomic E-state index is 0.0422. The van der Waals surface area contributed by atoms with Gasteiger partial charge in [-0.1, -0.05) is 11.3 Å². The summed E-state index contributed by atoms with van der Waals surface area (Å²) in [6.45, 7) is 3.67. The molecule has 2 aromatic rings. The zero-order valence-electron chi connectivity index (χ0n) is 7.81. The Kier molecular flexibility index (Phi) is 1.99. The van der Waals surface area contributed by atoms with Crippen LogP contribution >= 0.6 is 11.3 Å². The number of carboxylic acids is 1. The number of thiazole rings is 1. The zero-order valence-corrected chi connectivity index (χ0v) is 8.63. The second kappa shape index (κ2) is 3.06. The SMILES string of the molecule is Cc1nc2sc(CC(=O)O)c(C)n2n1. The first kappa shape index (κ1) is 9.14. The van der Waals surface area contributed by atoms with Crippen LogP contribution in [0.5, 0.6) is 0 Å². The highest BCUT2D eigenvalue weighted by atomic mass is 32.1. The monoisotopic (exact) mass is 211 g/mol. The van der Waals surface area contributed by atoms with E-state index in [-0.39, 0.29) is 6.42 Å². The predicted octanol–water partition coefficient (Wildman–Crippen LogP) is 1.03. The van der Waals surface area contributed by atoms with Gasteiger partial charge in [-0.05, 0) is 13.8 Å². The lowest BCUT2D eigenvalue weighted by Gasteiger charge is -1.92. The maximum absolute atomic E-state index is 10.5. The molecule has 0 amide bonds. The van der Waals surface area contributed by atoms with Crippen LogP contribution in [0, 0.1) is 13.8 Å². The smallest absolute Gasteiger partial charge is 0.308 e. The van der Waals surface area contributed by atoms with Gasteiger partial charge >= 0.3 is 5.97 Å². The molecule has 0 aromatic carbocycles. The lowest BCUT2D eigenvalue weighted by atomic mass is 10.3. The molecule has 0 saturated heterocycles. The van der Waals surface area contributed by atoms with E-state index in [9.17, 15) is 4.79 Å². The van der Waals surface area contributed by atoms with Crippen LogP contribution in [0.2, 0.25) is 0 Å². The average molecular weight is 211 g/mol. The number of hydrogen-bond acceptors (Lipinski definition) is 4. The van der Waals surface area contributed by atoms with Crippen LogP contribution in [0.25, 0.3) is 4.96 Å². The van der Waals surface area contributed by atoms with Crippen LogP contribution in [0.15, 0.2) is 0 Å². The molecule has 0 fully saturated rings. The quantitative estimate of drug-likeness (QED) is 0.805. The van der Waals surface area contributed by atoms with Gasteiger partial charge in [0, 0.05) is 4.88 Å². The summed E-state index contributed by atoms with van der Waals surface area (Å²) in [5.74, 6) is -0.115. The lowest BCUT2D eigenvalue weighted by molar-refractivity contribution is -0.136. The zero-order chi connectivity index (χ0) is 10.3. The second-order valence-corrected chi connectivity index (χ2v) is 4.10. The third-order valence-electron chi connectivity index (χ3n) is 1.93. The van der Waals surface area contributed by atoms with Gasteiger partial charge in [0.05, 0.1) is 12.1 Å². The third kappa shape index (κ3) is 1.37. The maximum atomic E-state index is 10.5. The van der Waals surface area contributed by atoms with Crippen molar-refractivity contribution in [1.29, 1.82) is 0 Å². The van der Waals surface area contributed by atoms with Crippen LogP contribution in [0.3, 0.4) is 0 Å². The van der Waals surface area contributed by atoms with Crippen LogP contribution in [-0.4, -0.2) is 25.7 Å². The molecule has 2 rings (SSSR count). The molecule has 14 heavy (non-hydrogen) atoms. The standard InChI is InChI=1S/C8H9N3O2S/c1-4-6(3-7(12)13)14-8-9-5(2)10-11(4)8/h3H2,1-2H3,(H,12,13). The van der Waals surface area contributed by atoms with E-state index < -0.39 is 5.97 Å². The Morgan fingerprint density at radius 2 is 2.29 bits per heavy atom. The summed E-state index contributed by atoms with van der Waals surface area (Å²) >= 11 is 1.38. The van der Waals surface area contributed by atoms with Gasteiger partial charge in [-0.3, -0.25) is 4.79 Å². The molecule has 2 aromatic heterocycles. The highest BCUT2D eigenvalue weighted by Crippen LogP contribution is 2.21. The Balaban J connectivity index is 2.52. The highest BCUT2D eigenvalue weighted by Gasteiger charge is 2.13. The number of aromatic nitrogens is 3. The van der Waals surface area contributed by atoms with E-state index in [2.05, 4.69) is 10.1 Å². The van der Waals surface area contributed by atoms with Gasteiger partial charge in [0.15, 0.2) is 0 Å². The summed E-state index contributed by atoms with van der Waals surface area (Å²) in [6.07, 6.45) is 0.0422. The van der Waals surface area contributed by atoms with E-state index in [1.54, 1.807) is 4.52 Å². The van der Waals surface area contributed by atoms with Crippen molar-refractivity contribution in [3.8, 4) is 0 Å². The van der Waals surface area contributed by atoms with Crippen LogP contribution in [-0.2, 0) is 11.2 Å². The predicted molar refractivity (Wildman–Crippen MR) is 51.7 cm³/mol. The van der Waals surface area contributed by atoms with E-state index in [1.165, 1.54) is 11.3 Å². The molecule has 0 unspecified atom stereocenters. The first-order valence-electron chi connectivity index (χ1n) is 4.11. The Morgan fingerprint density at radius 3 is 2.86 bits per heavy atom. The van der Waals surface area contributed by atoms with Crippen molar-refractivity contribution in [2.24, 2.45) is 0 Å². The van der Waals surface area contributed by atoms with Crippen molar-refractivity contribution in [2.75, 3.05) is 0 Å². The minimum atomic E-state index is -0.825. The van der Waals surface area contributed by atoms with Crippen LogP contribution in [0.1, 0.15) is 16.4 Å². The Bertz CT molecular complexity index is 500. The van der Waals surface area contributed by atoms with E-state index in [4.69, 9.17) is 5.11 Å². The molecule has 2 heterocycles. The van der Waals surface area contributed by atoms with E-state index in [0.717, 1.165) is 15.5 Å². The van der Waals surface area contributed by atoms with Gasteiger partial charge in [-0.15, -0.1) is 0 Å². The fraction of sp³-hybridized carbons (Fsp3) is 0.375. The van der Waals surface area contributed by atoms with Gasteiger partial charge in [0.25, 0.3) is 0 Å². The minimum Gasteiger partial charge on any atom is -0.481 e. The molecule has 1 N–H and O–H groups in total. The number of carbonyl (C=O) groups is 1. The summed E-state index contributed by atoms with van der Waals surface area (Å²) in [4.78, 5) is 16.3. The molecular formula is C8H9N3O2S. The van der Waals surface area contributed by atoms with Crippen LogP contribution in [0.4, 0.5) is 0 Å². The fourth-order valence-corrected chi connectivity index (χ4v) is 2.38. The van der Waals surface area contributed by atoms with Gasteiger partial charge in [-0.25, -0.2) is 9.50 Å². The molecule has 0 saturated carbocycles. The average Bonchev–Trinajstić information content (AvgIpc) is 2.53. The number of nitrogens with zero attached hydrogens (tertiary/aromatic N) is 3. The van der Waals surface area contributed by atoms with Crippen LogP contribution < -0.4 is 0 Å². The first-order chi connectivity index (χ1) is 6.58. The molecular weight excluding hydrogens is 202 g/mol. The van der Waals surface area contributed by atoms with Gasteiger partial charge in [-0.2, -0.15) is 5.10 Å². The molecule has 0 aliphatic carbocycles. The van der Waals surface area contributed by atoms with E-state index in [1.807, 2.05) is 13.8 Å². The molecule has 0 aliphatic rings.